The van der Waals surface area contributed by atoms with Gasteiger partial charge in [0.25, 0.3) is 0 Å². The maximum atomic E-state index is 12.5. The Hall–Kier alpha value is -2.08. The van der Waals surface area contributed by atoms with Gasteiger partial charge in [-0.2, -0.15) is 13.2 Å². The number of pyridine rings is 1. The summed E-state index contributed by atoms with van der Waals surface area (Å²) in [6, 6.07) is 6.35. The standard InChI is InChI=1S/C14H13F3N2O/c1-18-8-10-6-7-19-9-13(10)20-12-4-2-11(3-5-12)14(15,16)17/h2-7,9,18H,8H2,1H3. The average Bonchev–Trinajstić information content (AvgIpc) is 2.41. The summed E-state index contributed by atoms with van der Waals surface area (Å²) in [5.41, 5.74) is 0.175. The molecule has 0 fully saturated rings. The number of halogens is 3. The molecule has 0 atom stereocenters. The zero-order valence-corrected chi connectivity index (χ0v) is 10.7. The van der Waals surface area contributed by atoms with E-state index in [0.717, 1.165) is 17.7 Å². The second kappa shape index (κ2) is 5.92. The lowest BCUT2D eigenvalue weighted by atomic mass is 10.2. The first-order valence-corrected chi connectivity index (χ1v) is 5.93. The molecule has 0 unspecified atom stereocenters. The summed E-state index contributed by atoms with van der Waals surface area (Å²) in [5.74, 6) is 0.852. The summed E-state index contributed by atoms with van der Waals surface area (Å²) in [4.78, 5) is 3.95. The van der Waals surface area contributed by atoms with Gasteiger partial charge in [-0.25, -0.2) is 0 Å². The Bertz CT molecular complexity index is 567. The van der Waals surface area contributed by atoms with Crippen LogP contribution in [0.5, 0.6) is 11.5 Å². The van der Waals surface area contributed by atoms with E-state index in [-0.39, 0.29) is 0 Å². The van der Waals surface area contributed by atoms with Crippen molar-refractivity contribution in [2.75, 3.05) is 7.05 Å². The normalized spacial score (nSPS) is 11.4. The van der Waals surface area contributed by atoms with Crippen LogP contribution in [0.1, 0.15) is 11.1 Å². The molecule has 0 radical (unpaired) electrons. The molecule has 1 aromatic carbocycles. The fourth-order valence-corrected chi connectivity index (χ4v) is 1.68. The van der Waals surface area contributed by atoms with E-state index in [2.05, 4.69) is 10.3 Å². The Kier molecular flexibility index (Phi) is 4.24. The number of hydrogen-bond acceptors (Lipinski definition) is 3. The number of aromatic nitrogens is 1. The monoisotopic (exact) mass is 282 g/mol. The highest BCUT2D eigenvalue weighted by Gasteiger charge is 2.30. The van der Waals surface area contributed by atoms with Crippen LogP contribution in [-0.4, -0.2) is 12.0 Å². The molecule has 106 valence electrons. The number of benzene rings is 1. The molecule has 2 rings (SSSR count). The third-order valence-electron chi connectivity index (χ3n) is 2.65. The van der Waals surface area contributed by atoms with Crippen molar-refractivity contribution in [2.45, 2.75) is 12.7 Å². The zero-order valence-electron chi connectivity index (χ0n) is 10.7. The minimum Gasteiger partial charge on any atom is -0.455 e. The Morgan fingerprint density at radius 3 is 2.45 bits per heavy atom. The van der Waals surface area contributed by atoms with Gasteiger partial charge in [-0.15, -0.1) is 0 Å². The number of ether oxygens (including phenoxy) is 1. The number of nitrogens with zero attached hydrogens (tertiary/aromatic N) is 1. The van der Waals surface area contributed by atoms with Crippen LogP contribution in [0, 0.1) is 0 Å². The SMILES string of the molecule is CNCc1ccncc1Oc1ccc(C(F)(F)F)cc1. The molecule has 0 saturated carbocycles. The predicted octanol–water partition coefficient (Wildman–Crippen LogP) is 3.61. The highest BCUT2D eigenvalue weighted by molar-refractivity contribution is 5.37. The fourth-order valence-electron chi connectivity index (χ4n) is 1.68. The van der Waals surface area contributed by atoms with Gasteiger partial charge in [-0.1, -0.05) is 0 Å². The van der Waals surface area contributed by atoms with Crippen molar-refractivity contribution in [1.29, 1.82) is 0 Å². The van der Waals surface area contributed by atoms with Crippen LogP contribution in [0.15, 0.2) is 42.7 Å². The van der Waals surface area contributed by atoms with Crippen LogP contribution < -0.4 is 10.1 Å². The molecule has 0 aliphatic rings. The molecule has 0 amide bonds. The first-order chi connectivity index (χ1) is 9.50. The molecule has 6 heteroatoms. The van der Waals surface area contributed by atoms with E-state index >= 15 is 0 Å². The smallest absolute Gasteiger partial charge is 0.416 e. The highest BCUT2D eigenvalue weighted by atomic mass is 19.4. The van der Waals surface area contributed by atoms with E-state index in [9.17, 15) is 13.2 Å². The van der Waals surface area contributed by atoms with Gasteiger partial charge in [0, 0.05) is 18.3 Å². The highest BCUT2D eigenvalue weighted by Crippen LogP contribution is 2.31. The van der Waals surface area contributed by atoms with Crippen molar-refractivity contribution in [3.63, 3.8) is 0 Å². The van der Waals surface area contributed by atoms with Crippen molar-refractivity contribution in [3.8, 4) is 11.5 Å². The summed E-state index contributed by atoms with van der Waals surface area (Å²) >= 11 is 0. The maximum absolute atomic E-state index is 12.5. The summed E-state index contributed by atoms with van der Waals surface area (Å²) in [6.07, 6.45) is -1.18. The maximum Gasteiger partial charge on any atom is 0.416 e. The molecular weight excluding hydrogens is 269 g/mol. The quantitative estimate of drug-likeness (QED) is 0.930. The summed E-state index contributed by atoms with van der Waals surface area (Å²) in [5, 5.41) is 2.98. The first-order valence-electron chi connectivity index (χ1n) is 5.93. The Morgan fingerprint density at radius 1 is 1.15 bits per heavy atom. The molecule has 1 aromatic heterocycles. The molecule has 2 aromatic rings. The van der Waals surface area contributed by atoms with E-state index < -0.39 is 11.7 Å². The second-order valence-corrected chi connectivity index (χ2v) is 4.14. The van der Waals surface area contributed by atoms with E-state index in [1.165, 1.54) is 18.3 Å². The van der Waals surface area contributed by atoms with Crippen LogP contribution in [0.4, 0.5) is 13.2 Å². The number of alkyl halides is 3. The van der Waals surface area contributed by atoms with Gasteiger partial charge in [-0.3, -0.25) is 4.98 Å². The minimum absolute atomic E-state index is 0.336. The largest absolute Gasteiger partial charge is 0.455 e. The summed E-state index contributed by atoms with van der Waals surface area (Å²) in [7, 11) is 1.79. The van der Waals surface area contributed by atoms with Gasteiger partial charge in [0.05, 0.1) is 11.8 Å². The van der Waals surface area contributed by atoms with Crippen molar-refractivity contribution in [1.82, 2.24) is 10.3 Å². The lowest BCUT2D eigenvalue weighted by Crippen LogP contribution is -2.07. The molecule has 0 bridgehead atoms. The Labute approximate surface area is 114 Å². The molecule has 1 heterocycles. The molecule has 3 nitrogen and oxygen atoms in total. The van der Waals surface area contributed by atoms with Crippen LogP contribution in [-0.2, 0) is 12.7 Å². The second-order valence-electron chi connectivity index (χ2n) is 4.14. The third kappa shape index (κ3) is 3.48. The van der Waals surface area contributed by atoms with Gasteiger partial charge in [0.1, 0.15) is 11.5 Å². The molecule has 20 heavy (non-hydrogen) atoms. The lowest BCUT2D eigenvalue weighted by molar-refractivity contribution is -0.137. The molecule has 0 spiro atoms. The molecular formula is C14H13F3N2O. The van der Waals surface area contributed by atoms with Crippen molar-refractivity contribution < 1.29 is 17.9 Å². The van der Waals surface area contributed by atoms with E-state index in [4.69, 9.17) is 4.74 Å². The third-order valence-corrected chi connectivity index (χ3v) is 2.65. The van der Waals surface area contributed by atoms with Gasteiger partial charge in [0.15, 0.2) is 0 Å². The van der Waals surface area contributed by atoms with Crippen LogP contribution >= 0.6 is 0 Å². The first kappa shape index (κ1) is 14.3. The average molecular weight is 282 g/mol. The van der Waals surface area contributed by atoms with Crippen LogP contribution in [0.3, 0.4) is 0 Å². The summed E-state index contributed by atoms with van der Waals surface area (Å²) in [6.45, 7) is 0.582. The van der Waals surface area contributed by atoms with Gasteiger partial charge in [0.2, 0.25) is 0 Å². The van der Waals surface area contributed by atoms with Crippen LogP contribution in [0.25, 0.3) is 0 Å². The Balaban J connectivity index is 2.18. The molecule has 0 aliphatic carbocycles. The molecule has 0 saturated heterocycles. The van der Waals surface area contributed by atoms with Gasteiger partial charge < -0.3 is 10.1 Å². The predicted molar refractivity (Wildman–Crippen MR) is 68.5 cm³/mol. The number of hydrogen-bond donors (Lipinski definition) is 1. The van der Waals surface area contributed by atoms with Crippen molar-refractivity contribution >= 4 is 0 Å². The van der Waals surface area contributed by atoms with E-state index in [1.54, 1.807) is 19.3 Å². The van der Waals surface area contributed by atoms with E-state index in [0.29, 0.717) is 18.0 Å². The summed E-state index contributed by atoms with van der Waals surface area (Å²) < 4.78 is 42.9. The van der Waals surface area contributed by atoms with Crippen molar-refractivity contribution in [3.05, 3.63) is 53.9 Å². The molecule has 1 N–H and O–H groups in total. The number of nitrogens with one attached hydrogen (secondary N) is 1. The van der Waals surface area contributed by atoms with E-state index in [1.807, 2.05) is 0 Å². The minimum atomic E-state index is -4.34. The van der Waals surface area contributed by atoms with Gasteiger partial charge >= 0.3 is 6.18 Å². The molecule has 0 aliphatic heterocycles. The zero-order chi connectivity index (χ0) is 14.6. The van der Waals surface area contributed by atoms with Crippen LogP contribution in [0.2, 0.25) is 0 Å². The van der Waals surface area contributed by atoms with Gasteiger partial charge in [-0.05, 0) is 37.4 Å². The topological polar surface area (TPSA) is 34.2 Å². The Morgan fingerprint density at radius 2 is 1.85 bits per heavy atom. The lowest BCUT2D eigenvalue weighted by Gasteiger charge is -2.11. The number of rotatable bonds is 4. The fraction of sp³-hybridized carbons (Fsp3) is 0.214. The van der Waals surface area contributed by atoms with Crippen molar-refractivity contribution in [2.24, 2.45) is 0 Å².